The highest BCUT2D eigenvalue weighted by molar-refractivity contribution is 7.13. The normalized spacial score (nSPS) is 10.6. The highest BCUT2D eigenvalue weighted by Gasteiger charge is 2.07. The summed E-state index contributed by atoms with van der Waals surface area (Å²) in [7, 11) is 1.38. The molecular weight excluding hydrogens is 288 g/mol. The molecule has 2 aromatic rings. The Bertz CT molecular complexity index is 606. The van der Waals surface area contributed by atoms with Gasteiger partial charge in [0.25, 0.3) is 0 Å². The molecule has 21 heavy (non-hydrogen) atoms. The highest BCUT2D eigenvalue weighted by atomic mass is 32.1. The van der Waals surface area contributed by atoms with E-state index in [0.29, 0.717) is 0 Å². The van der Waals surface area contributed by atoms with E-state index in [0.717, 1.165) is 36.0 Å². The number of esters is 1. The van der Waals surface area contributed by atoms with Gasteiger partial charge in [-0.3, -0.25) is 9.48 Å². The van der Waals surface area contributed by atoms with Crippen LogP contribution in [0.5, 0.6) is 0 Å². The Kier molecular flexibility index (Phi) is 5.32. The van der Waals surface area contributed by atoms with Gasteiger partial charge in [-0.25, -0.2) is 4.98 Å². The van der Waals surface area contributed by atoms with Crippen LogP contribution in [0.2, 0.25) is 0 Å². The van der Waals surface area contributed by atoms with Gasteiger partial charge >= 0.3 is 5.97 Å². The Morgan fingerprint density at radius 1 is 1.48 bits per heavy atom. The smallest absolute Gasteiger partial charge is 0.311 e. The van der Waals surface area contributed by atoms with E-state index in [1.165, 1.54) is 24.1 Å². The lowest BCUT2D eigenvalue weighted by molar-refractivity contribution is -0.139. The van der Waals surface area contributed by atoms with Crippen LogP contribution < -0.4 is 5.32 Å². The van der Waals surface area contributed by atoms with Gasteiger partial charge in [0, 0.05) is 24.2 Å². The van der Waals surface area contributed by atoms with Crippen molar-refractivity contribution in [2.75, 3.05) is 19.0 Å². The van der Waals surface area contributed by atoms with Crippen LogP contribution in [-0.2, 0) is 22.5 Å². The number of rotatable bonds is 7. The van der Waals surface area contributed by atoms with Gasteiger partial charge in [-0.05, 0) is 26.3 Å². The van der Waals surface area contributed by atoms with E-state index in [4.69, 9.17) is 0 Å². The van der Waals surface area contributed by atoms with E-state index in [2.05, 4.69) is 33.1 Å². The lowest BCUT2D eigenvalue weighted by Gasteiger charge is -2.05. The number of nitrogens with one attached hydrogen (secondary N) is 1. The standard InChI is InChI=1S/C14H20N4O2S/c1-10-7-11(2)18(17-10)6-4-5-15-14-16-12(9-21-14)8-13(19)20-3/h7,9H,4-6,8H2,1-3H3,(H,15,16). The summed E-state index contributed by atoms with van der Waals surface area (Å²) in [5, 5.41) is 10.4. The molecule has 0 saturated carbocycles. The first-order valence-electron chi connectivity index (χ1n) is 6.84. The van der Waals surface area contributed by atoms with Gasteiger partial charge in [-0.15, -0.1) is 11.3 Å². The SMILES string of the molecule is COC(=O)Cc1csc(NCCCn2nc(C)cc2C)n1. The summed E-state index contributed by atoms with van der Waals surface area (Å²) in [5.41, 5.74) is 2.97. The number of hydrogen-bond donors (Lipinski definition) is 1. The molecule has 6 nitrogen and oxygen atoms in total. The largest absolute Gasteiger partial charge is 0.469 e. The van der Waals surface area contributed by atoms with Crippen molar-refractivity contribution in [2.45, 2.75) is 33.2 Å². The average molecular weight is 308 g/mol. The topological polar surface area (TPSA) is 69.0 Å². The Hall–Kier alpha value is -1.89. The quantitative estimate of drug-likeness (QED) is 0.627. The number of ether oxygens (including phenoxy) is 1. The van der Waals surface area contributed by atoms with E-state index < -0.39 is 0 Å². The molecule has 2 aromatic heterocycles. The lowest BCUT2D eigenvalue weighted by Crippen LogP contribution is -2.09. The molecule has 0 radical (unpaired) electrons. The zero-order valence-electron chi connectivity index (χ0n) is 12.5. The summed E-state index contributed by atoms with van der Waals surface area (Å²) in [4.78, 5) is 15.5. The van der Waals surface area contributed by atoms with Crippen LogP contribution in [-0.4, -0.2) is 34.4 Å². The first-order valence-corrected chi connectivity index (χ1v) is 7.72. The summed E-state index contributed by atoms with van der Waals surface area (Å²) < 4.78 is 6.64. The fourth-order valence-electron chi connectivity index (χ4n) is 2.01. The second-order valence-electron chi connectivity index (χ2n) is 4.83. The maximum atomic E-state index is 11.2. The Morgan fingerprint density at radius 3 is 2.95 bits per heavy atom. The van der Waals surface area contributed by atoms with Crippen LogP contribution >= 0.6 is 11.3 Å². The van der Waals surface area contributed by atoms with Gasteiger partial charge in [0.15, 0.2) is 5.13 Å². The first-order chi connectivity index (χ1) is 10.1. The fraction of sp³-hybridized carbons (Fsp3) is 0.500. The Balaban J connectivity index is 1.74. The van der Waals surface area contributed by atoms with Crippen molar-refractivity contribution < 1.29 is 9.53 Å². The van der Waals surface area contributed by atoms with Gasteiger partial charge < -0.3 is 10.1 Å². The third-order valence-electron chi connectivity index (χ3n) is 3.03. The average Bonchev–Trinajstić information content (AvgIpc) is 3.01. The minimum atomic E-state index is -0.267. The summed E-state index contributed by atoms with van der Waals surface area (Å²) in [6, 6.07) is 2.08. The van der Waals surface area contributed by atoms with Gasteiger partial charge in [0.05, 0.1) is 24.9 Å². The number of nitrogens with zero attached hydrogens (tertiary/aromatic N) is 3. The number of carbonyl (C=O) groups is 1. The number of hydrogen-bond acceptors (Lipinski definition) is 6. The van der Waals surface area contributed by atoms with Crippen molar-refractivity contribution >= 4 is 22.4 Å². The maximum absolute atomic E-state index is 11.2. The Labute approximate surface area is 128 Å². The van der Waals surface area contributed by atoms with Gasteiger partial charge in [0.2, 0.25) is 0 Å². The van der Waals surface area contributed by atoms with E-state index in [1.807, 2.05) is 17.0 Å². The van der Waals surface area contributed by atoms with Crippen molar-refractivity contribution in [3.8, 4) is 0 Å². The van der Waals surface area contributed by atoms with Crippen LogP contribution in [0.15, 0.2) is 11.4 Å². The van der Waals surface area contributed by atoms with Crippen molar-refractivity contribution in [1.82, 2.24) is 14.8 Å². The van der Waals surface area contributed by atoms with Crippen LogP contribution in [0, 0.1) is 13.8 Å². The molecule has 0 aliphatic heterocycles. The molecule has 0 fully saturated rings. The number of anilines is 1. The van der Waals surface area contributed by atoms with Crippen LogP contribution in [0.25, 0.3) is 0 Å². The van der Waals surface area contributed by atoms with Gasteiger partial charge in [-0.1, -0.05) is 0 Å². The van der Waals surface area contributed by atoms with Crippen LogP contribution in [0.3, 0.4) is 0 Å². The van der Waals surface area contributed by atoms with Crippen molar-refractivity contribution in [2.24, 2.45) is 0 Å². The number of carbonyl (C=O) groups excluding carboxylic acids is 1. The van der Waals surface area contributed by atoms with Crippen LogP contribution in [0.1, 0.15) is 23.5 Å². The molecule has 1 N–H and O–H groups in total. The summed E-state index contributed by atoms with van der Waals surface area (Å²) in [6.07, 6.45) is 1.19. The molecule has 2 heterocycles. The molecule has 0 aliphatic rings. The molecule has 0 aromatic carbocycles. The molecule has 2 rings (SSSR count). The predicted molar refractivity (Wildman–Crippen MR) is 82.6 cm³/mol. The molecular formula is C14H20N4O2S. The van der Waals surface area contributed by atoms with Crippen molar-refractivity contribution in [1.29, 1.82) is 0 Å². The van der Waals surface area contributed by atoms with E-state index in [9.17, 15) is 4.79 Å². The summed E-state index contributed by atoms with van der Waals surface area (Å²) in [5.74, 6) is -0.267. The number of aromatic nitrogens is 3. The van der Waals surface area contributed by atoms with E-state index in [-0.39, 0.29) is 12.4 Å². The second-order valence-corrected chi connectivity index (χ2v) is 5.69. The third-order valence-corrected chi connectivity index (χ3v) is 3.88. The van der Waals surface area contributed by atoms with E-state index >= 15 is 0 Å². The van der Waals surface area contributed by atoms with Crippen molar-refractivity contribution in [3.63, 3.8) is 0 Å². The third kappa shape index (κ3) is 4.56. The molecule has 7 heteroatoms. The van der Waals surface area contributed by atoms with Gasteiger partial charge in [-0.2, -0.15) is 5.10 Å². The first kappa shape index (κ1) is 15.5. The number of aryl methyl sites for hydroxylation is 3. The molecule has 0 unspecified atom stereocenters. The van der Waals surface area contributed by atoms with E-state index in [1.54, 1.807) is 0 Å². The minimum Gasteiger partial charge on any atom is -0.469 e. The van der Waals surface area contributed by atoms with Crippen molar-refractivity contribution in [3.05, 3.63) is 28.5 Å². The maximum Gasteiger partial charge on any atom is 0.311 e. The van der Waals surface area contributed by atoms with Gasteiger partial charge in [0.1, 0.15) is 0 Å². The zero-order valence-corrected chi connectivity index (χ0v) is 13.4. The molecule has 0 spiro atoms. The molecule has 0 amide bonds. The minimum absolute atomic E-state index is 0.223. The molecule has 0 saturated heterocycles. The lowest BCUT2D eigenvalue weighted by atomic mass is 10.3. The molecule has 0 bridgehead atoms. The monoisotopic (exact) mass is 308 g/mol. The number of thiazole rings is 1. The fourth-order valence-corrected chi connectivity index (χ4v) is 2.75. The molecule has 0 aliphatic carbocycles. The molecule has 114 valence electrons. The molecule has 0 atom stereocenters. The Morgan fingerprint density at radius 2 is 2.29 bits per heavy atom. The summed E-state index contributed by atoms with van der Waals surface area (Å²) >= 11 is 1.50. The number of methoxy groups -OCH3 is 1. The predicted octanol–water partition coefficient (Wildman–Crippen LogP) is 2.17. The highest BCUT2D eigenvalue weighted by Crippen LogP contribution is 2.16. The second kappa shape index (κ2) is 7.21. The van der Waals surface area contributed by atoms with Crippen LogP contribution in [0.4, 0.5) is 5.13 Å². The summed E-state index contributed by atoms with van der Waals surface area (Å²) in [6.45, 7) is 5.77. The zero-order chi connectivity index (χ0) is 15.2.